The molecule has 0 unspecified atom stereocenters. The maximum absolute atomic E-state index is 13.3. The molecule has 0 spiro atoms. The van der Waals surface area contributed by atoms with Crippen molar-refractivity contribution in [1.29, 1.82) is 0 Å². The lowest BCUT2D eigenvalue weighted by Gasteiger charge is -2.24. The van der Waals surface area contributed by atoms with Crippen LogP contribution >= 0.6 is 35.0 Å². The fourth-order valence-electron chi connectivity index (χ4n) is 4.81. The molecule has 1 saturated carbocycles. The standard InChI is InChI=1S/C34H36Cl2F2N2O11S2/c1-34(2,3)51-30(41)16-40(53(45)46)25-11-21(8-9-26(25)47-4)32(43)52-18-31(42)49-28(13-22-23(35)14-39(44)15-24(22)36)20-7-10-27(50-33(37)38)29(12-20)48-17-19-5-6-19/h7-12,14-15,19,28,33,53H,5-6,13,16-18H2,1-4H3/t28-/m0/s1. The summed E-state index contributed by atoms with van der Waals surface area (Å²) in [5.41, 5.74) is -0.500. The lowest BCUT2D eigenvalue weighted by Crippen LogP contribution is -2.34. The Morgan fingerprint density at radius 2 is 1.68 bits per heavy atom. The minimum atomic E-state index is -3.39. The van der Waals surface area contributed by atoms with E-state index in [2.05, 4.69) is 4.74 Å². The number of anilines is 1. The molecule has 0 bridgehead atoms. The second-order valence-electron chi connectivity index (χ2n) is 12.7. The number of methoxy groups -OCH3 is 1. The van der Waals surface area contributed by atoms with Gasteiger partial charge in [-0.3, -0.25) is 18.7 Å². The summed E-state index contributed by atoms with van der Waals surface area (Å²) in [4.78, 5) is 39.0. The number of ether oxygens (including phenoxy) is 5. The van der Waals surface area contributed by atoms with Crippen LogP contribution in [0.5, 0.6) is 17.2 Å². The van der Waals surface area contributed by atoms with E-state index in [1.165, 1.54) is 43.5 Å². The molecule has 0 radical (unpaired) electrons. The van der Waals surface area contributed by atoms with Gasteiger partial charge in [0, 0.05) is 17.5 Å². The number of halogens is 4. The van der Waals surface area contributed by atoms with Crippen molar-refractivity contribution in [2.45, 2.75) is 58.4 Å². The molecule has 288 valence electrons. The monoisotopic (exact) mass is 820 g/mol. The van der Waals surface area contributed by atoms with E-state index in [0.29, 0.717) is 20.8 Å². The van der Waals surface area contributed by atoms with Crippen molar-refractivity contribution in [2.75, 3.05) is 30.3 Å². The molecule has 0 aliphatic heterocycles. The molecule has 13 nitrogen and oxygen atoms in total. The molecule has 0 saturated heterocycles. The Hall–Kier alpha value is -4.06. The van der Waals surface area contributed by atoms with Gasteiger partial charge in [0.1, 0.15) is 34.0 Å². The summed E-state index contributed by atoms with van der Waals surface area (Å²) in [6.45, 7) is 1.28. The lowest BCUT2D eigenvalue weighted by atomic mass is 10.0. The third-order valence-electron chi connectivity index (χ3n) is 7.36. The van der Waals surface area contributed by atoms with Crippen LogP contribution in [0.25, 0.3) is 0 Å². The SMILES string of the molecule is COc1ccc(C(=O)SCC(=O)O[C@@H](Cc2c(Cl)c[n+]([O-])cc2Cl)c2ccc(OC(F)F)c(OCC3CC3)c2)cc1N(CC(=O)OC(C)(C)C)[SH](=O)=O. The third kappa shape index (κ3) is 12.5. The van der Waals surface area contributed by atoms with Gasteiger partial charge in [0.2, 0.25) is 16.0 Å². The Kier molecular flexibility index (Phi) is 14.4. The highest BCUT2D eigenvalue weighted by atomic mass is 35.5. The zero-order chi connectivity index (χ0) is 39.0. The van der Waals surface area contributed by atoms with E-state index in [0.717, 1.165) is 25.2 Å². The number of rotatable bonds is 17. The van der Waals surface area contributed by atoms with Crippen molar-refractivity contribution in [3.05, 3.63) is 80.7 Å². The van der Waals surface area contributed by atoms with Gasteiger partial charge < -0.3 is 28.9 Å². The number of benzene rings is 2. The largest absolute Gasteiger partial charge is 0.619 e. The van der Waals surface area contributed by atoms with Crippen molar-refractivity contribution < 1.29 is 60.0 Å². The van der Waals surface area contributed by atoms with Gasteiger partial charge in [-0.2, -0.15) is 13.5 Å². The summed E-state index contributed by atoms with van der Waals surface area (Å²) in [5, 5.41) is 11.1. The summed E-state index contributed by atoms with van der Waals surface area (Å²) in [7, 11) is -2.11. The second-order valence-corrected chi connectivity index (χ2v) is 15.4. The van der Waals surface area contributed by atoms with E-state index in [1.807, 2.05) is 0 Å². The predicted molar refractivity (Wildman–Crippen MR) is 193 cm³/mol. The maximum atomic E-state index is 13.3. The zero-order valence-electron chi connectivity index (χ0n) is 28.8. The first kappa shape index (κ1) is 41.7. The van der Waals surface area contributed by atoms with Crippen molar-refractivity contribution in [1.82, 2.24) is 0 Å². The Morgan fingerprint density at radius 3 is 2.26 bits per heavy atom. The highest BCUT2D eigenvalue weighted by Crippen LogP contribution is 2.38. The van der Waals surface area contributed by atoms with Crippen LogP contribution in [-0.4, -0.2) is 63.7 Å². The van der Waals surface area contributed by atoms with E-state index in [4.69, 9.17) is 42.1 Å². The number of aromatic nitrogens is 1. The van der Waals surface area contributed by atoms with Gasteiger partial charge in [-0.15, -0.1) is 0 Å². The Bertz CT molecular complexity index is 1880. The van der Waals surface area contributed by atoms with Gasteiger partial charge in [0.15, 0.2) is 23.9 Å². The van der Waals surface area contributed by atoms with Crippen molar-refractivity contribution in [3.8, 4) is 17.2 Å². The van der Waals surface area contributed by atoms with Crippen LogP contribution in [0.2, 0.25) is 10.0 Å². The molecule has 19 heteroatoms. The van der Waals surface area contributed by atoms with Crippen molar-refractivity contribution >= 4 is 68.6 Å². The quantitative estimate of drug-likeness (QED) is 0.0722. The number of alkyl halides is 2. The van der Waals surface area contributed by atoms with Gasteiger partial charge in [0.05, 0.1) is 25.2 Å². The first-order chi connectivity index (χ1) is 24.9. The second kappa shape index (κ2) is 18.3. The third-order valence-corrected chi connectivity index (χ3v) is 9.64. The van der Waals surface area contributed by atoms with E-state index in [-0.39, 0.29) is 68.6 Å². The highest BCUT2D eigenvalue weighted by molar-refractivity contribution is 8.14. The van der Waals surface area contributed by atoms with Crippen LogP contribution < -0.4 is 23.2 Å². The average molecular weight is 822 g/mol. The zero-order valence-corrected chi connectivity index (χ0v) is 32.1. The first-order valence-electron chi connectivity index (χ1n) is 15.9. The lowest BCUT2D eigenvalue weighted by molar-refractivity contribution is -0.605. The van der Waals surface area contributed by atoms with Crippen LogP contribution in [0.1, 0.15) is 61.2 Å². The summed E-state index contributed by atoms with van der Waals surface area (Å²) in [5.74, 6) is -2.19. The van der Waals surface area contributed by atoms with Crippen molar-refractivity contribution in [2.24, 2.45) is 5.92 Å². The first-order valence-corrected chi connectivity index (χ1v) is 18.8. The van der Waals surface area contributed by atoms with Crippen LogP contribution in [0.15, 0.2) is 48.8 Å². The van der Waals surface area contributed by atoms with Gasteiger partial charge in [-0.05, 0) is 75.4 Å². The Labute approximate surface area is 320 Å². The number of carbonyl (C=O) groups excluding carboxylic acids is 3. The normalized spacial score (nSPS) is 13.4. The number of esters is 2. The van der Waals surface area contributed by atoms with Gasteiger partial charge in [0.25, 0.3) is 0 Å². The van der Waals surface area contributed by atoms with Crippen LogP contribution in [-0.2, 0) is 36.4 Å². The van der Waals surface area contributed by atoms with Gasteiger partial charge in [-0.1, -0.05) is 41.0 Å². The van der Waals surface area contributed by atoms with Crippen LogP contribution in [0, 0.1) is 11.1 Å². The van der Waals surface area contributed by atoms with E-state index >= 15 is 0 Å². The number of pyridine rings is 1. The van der Waals surface area contributed by atoms with Gasteiger partial charge >= 0.3 is 18.6 Å². The fourth-order valence-corrected chi connectivity index (χ4v) is 6.58. The molecular formula is C34H36Cl2F2N2O11S2. The number of hydrogen-bond acceptors (Lipinski definition) is 12. The summed E-state index contributed by atoms with van der Waals surface area (Å²) < 4.78 is 78.5. The molecule has 53 heavy (non-hydrogen) atoms. The van der Waals surface area contributed by atoms with Crippen LogP contribution in [0.4, 0.5) is 14.5 Å². The molecule has 4 rings (SSSR count). The molecule has 1 aromatic heterocycles. The molecule has 1 aliphatic rings. The smallest absolute Gasteiger partial charge is 0.387 e. The molecule has 1 fully saturated rings. The fraction of sp³-hybridized carbons (Fsp3) is 0.412. The number of thioether (sulfide) groups is 1. The predicted octanol–water partition coefficient (Wildman–Crippen LogP) is 6.10. The van der Waals surface area contributed by atoms with Crippen LogP contribution in [0.3, 0.4) is 0 Å². The number of carbonyl (C=O) groups is 3. The van der Waals surface area contributed by atoms with Gasteiger partial charge in [-0.25, -0.2) is 8.42 Å². The number of thiol groups is 1. The average Bonchev–Trinajstić information content (AvgIpc) is 3.90. The minimum Gasteiger partial charge on any atom is -0.619 e. The minimum absolute atomic E-state index is 0.0150. The van der Waals surface area contributed by atoms with E-state index in [9.17, 15) is 36.8 Å². The molecule has 1 heterocycles. The van der Waals surface area contributed by atoms with E-state index in [1.54, 1.807) is 20.8 Å². The molecule has 1 aliphatic carbocycles. The number of nitrogens with zero attached hydrogens (tertiary/aromatic N) is 2. The van der Waals surface area contributed by atoms with E-state index < -0.39 is 58.6 Å². The molecule has 0 N–H and O–H groups in total. The Morgan fingerprint density at radius 1 is 1.02 bits per heavy atom. The molecule has 0 amide bonds. The molecular weight excluding hydrogens is 785 g/mol. The molecule has 2 aromatic carbocycles. The maximum Gasteiger partial charge on any atom is 0.387 e. The summed E-state index contributed by atoms with van der Waals surface area (Å²) in [6.07, 6.45) is 2.63. The van der Waals surface area contributed by atoms with Crippen molar-refractivity contribution in [3.63, 3.8) is 0 Å². The summed E-state index contributed by atoms with van der Waals surface area (Å²) in [6, 6.07) is 7.90. The molecule has 3 aromatic rings. The number of hydrogen-bond donors (Lipinski definition) is 1. The molecule has 1 atom stereocenters. The topological polar surface area (TPSA) is 162 Å². The summed E-state index contributed by atoms with van der Waals surface area (Å²) >= 11 is 13.2. The Balaban J connectivity index is 1.56. The highest BCUT2D eigenvalue weighted by Gasteiger charge is 2.28.